The van der Waals surface area contributed by atoms with Crippen LogP contribution in [0.1, 0.15) is 5.69 Å². The summed E-state index contributed by atoms with van der Waals surface area (Å²) in [5, 5.41) is 7.45. The van der Waals surface area contributed by atoms with Gasteiger partial charge in [0.25, 0.3) is 15.8 Å². The fraction of sp³-hybridized carbons (Fsp3) is 0.0556. The third-order valence-corrected chi connectivity index (χ3v) is 6.31. The van der Waals surface area contributed by atoms with Gasteiger partial charge in [0.2, 0.25) is 0 Å². The Morgan fingerprint density at radius 2 is 1.66 bits per heavy atom. The molecule has 0 fully saturated rings. The minimum atomic E-state index is -3.94. The summed E-state index contributed by atoms with van der Waals surface area (Å²) in [5.74, 6) is 1.16. The van der Waals surface area contributed by atoms with Gasteiger partial charge >= 0.3 is 0 Å². The molecule has 0 unspecified atom stereocenters. The van der Waals surface area contributed by atoms with Crippen LogP contribution in [0.5, 0.6) is 0 Å². The molecule has 2 aromatic heterocycles. The van der Waals surface area contributed by atoms with E-state index < -0.39 is 10.0 Å². The Hall–Kier alpha value is -2.88. The van der Waals surface area contributed by atoms with E-state index in [1.807, 2.05) is 13.0 Å². The van der Waals surface area contributed by atoms with Crippen LogP contribution in [0.15, 0.2) is 59.8 Å². The molecule has 0 atom stereocenters. The topological polar surface area (TPSA) is 101 Å². The van der Waals surface area contributed by atoms with E-state index >= 15 is 0 Å². The van der Waals surface area contributed by atoms with Gasteiger partial charge in [0.05, 0.1) is 10.0 Å². The monoisotopic (exact) mass is 448 g/mol. The molecule has 0 saturated heterocycles. The van der Waals surface area contributed by atoms with Crippen LogP contribution in [0.25, 0.3) is 5.78 Å². The van der Waals surface area contributed by atoms with Crippen molar-refractivity contribution in [1.29, 1.82) is 0 Å². The molecule has 4 rings (SSSR count). The highest BCUT2D eigenvalue weighted by Crippen LogP contribution is 2.30. The quantitative estimate of drug-likeness (QED) is 0.472. The molecule has 2 aromatic carbocycles. The molecular formula is C18H14Cl2N6O2S. The Balaban J connectivity index is 1.57. The molecule has 2 N–H and O–H groups in total. The third-order valence-electron chi connectivity index (χ3n) is 3.98. The van der Waals surface area contributed by atoms with Crippen molar-refractivity contribution in [1.82, 2.24) is 19.6 Å². The predicted octanol–water partition coefficient (Wildman–Crippen LogP) is 4.28. The Kier molecular flexibility index (Phi) is 5.03. The molecule has 4 aromatic rings. The summed E-state index contributed by atoms with van der Waals surface area (Å²) < 4.78 is 29.4. The van der Waals surface area contributed by atoms with Crippen molar-refractivity contribution in [2.75, 3.05) is 10.0 Å². The number of rotatable bonds is 5. The second kappa shape index (κ2) is 7.51. The van der Waals surface area contributed by atoms with Crippen molar-refractivity contribution in [3.05, 3.63) is 70.6 Å². The number of halogens is 2. The molecule has 0 bridgehead atoms. The number of hydrogen-bond donors (Lipinski definition) is 2. The molecule has 0 aliphatic heterocycles. The minimum absolute atomic E-state index is 0.0493. The smallest absolute Gasteiger partial charge is 0.264 e. The number of aromatic nitrogens is 4. The van der Waals surface area contributed by atoms with Crippen LogP contribution < -0.4 is 10.0 Å². The van der Waals surface area contributed by atoms with Crippen LogP contribution in [0, 0.1) is 6.92 Å². The van der Waals surface area contributed by atoms with Crippen LogP contribution in [0.2, 0.25) is 10.0 Å². The number of nitrogens with one attached hydrogen (secondary N) is 2. The lowest BCUT2D eigenvalue weighted by Gasteiger charge is -2.12. The molecule has 148 valence electrons. The molecule has 0 aliphatic rings. The highest BCUT2D eigenvalue weighted by atomic mass is 35.5. The normalized spacial score (nSPS) is 11.6. The van der Waals surface area contributed by atoms with Crippen LogP contribution in [0.4, 0.5) is 17.2 Å². The highest BCUT2D eigenvalue weighted by Gasteiger charge is 2.21. The van der Waals surface area contributed by atoms with Crippen LogP contribution in [0.3, 0.4) is 0 Å². The van der Waals surface area contributed by atoms with Crippen molar-refractivity contribution in [2.45, 2.75) is 11.8 Å². The lowest BCUT2D eigenvalue weighted by molar-refractivity contribution is 0.601. The maximum absolute atomic E-state index is 12.7. The molecule has 2 heterocycles. The predicted molar refractivity (Wildman–Crippen MR) is 113 cm³/mol. The molecule has 11 heteroatoms. The van der Waals surface area contributed by atoms with Gasteiger partial charge in [-0.25, -0.2) is 13.4 Å². The zero-order valence-corrected chi connectivity index (χ0v) is 17.3. The van der Waals surface area contributed by atoms with Gasteiger partial charge in [-0.2, -0.15) is 14.6 Å². The van der Waals surface area contributed by atoms with E-state index in [1.165, 1.54) is 18.5 Å². The van der Waals surface area contributed by atoms with E-state index in [9.17, 15) is 8.42 Å². The van der Waals surface area contributed by atoms with Gasteiger partial charge in [0, 0.05) is 23.1 Å². The van der Waals surface area contributed by atoms with Crippen molar-refractivity contribution in [3.8, 4) is 0 Å². The number of fused-ring (bicyclic) bond motifs is 1. The first kappa shape index (κ1) is 19.4. The van der Waals surface area contributed by atoms with Gasteiger partial charge in [-0.15, -0.1) is 0 Å². The molecule has 0 spiro atoms. The van der Waals surface area contributed by atoms with Crippen LogP contribution >= 0.6 is 23.2 Å². The summed E-state index contributed by atoms with van der Waals surface area (Å²) in [5.41, 5.74) is 1.88. The first-order valence-electron chi connectivity index (χ1n) is 8.35. The van der Waals surface area contributed by atoms with Gasteiger partial charge < -0.3 is 5.32 Å². The summed E-state index contributed by atoms with van der Waals surface area (Å²) in [6.07, 6.45) is 1.42. The summed E-state index contributed by atoms with van der Waals surface area (Å²) in [6.45, 7) is 1.86. The number of aryl methyl sites for hydroxylation is 1. The average molecular weight is 449 g/mol. The second-order valence-electron chi connectivity index (χ2n) is 6.11. The van der Waals surface area contributed by atoms with E-state index in [4.69, 9.17) is 23.2 Å². The molecule has 0 radical (unpaired) electrons. The van der Waals surface area contributed by atoms with E-state index in [1.54, 1.807) is 34.8 Å². The highest BCUT2D eigenvalue weighted by molar-refractivity contribution is 7.93. The maximum atomic E-state index is 12.7. The summed E-state index contributed by atoms with van der Waals surface area (Å²) in [4.78, 5) is 8.21. The number of anilines is 3. The van der Waals surface area contributed by atoms with Gasteiger partial charge in [-0.05, 0) is 43.3 Å². The van der Waals surface area contributed by atoms with Crippen molar-refractivity contribution < 1.29 is 8.42 Å². The fourth-order valence-electron chi connectivity index (χ4n) is 2.73. The maximum Gasteiger partial charge on any atom is 0.264 e. The zero-order chi connectivity index (χ0) is 20.6. The molecule has 0 saturated carbocycles. The summed E-state index contributed by atoms with van der Waals surface area (Å²) >= 11 is 12.0. The standard InChI is InChI=1S/C18H14Cl2N6O2S/c1-11-9-16(26-18(23-11)21-10-22-26)24-12-5-7-13(8-6-12)25-29(27,28)17-14(19)3-2-4-15(17)20/h2-10,24-25H,1H3. The lowest BCUT2D eigenvalue weighted by Crippen LogP contribution is -2.14. The summed E-state index contributed by atoms with van der Waals surface area (Å²) in [6, 6.07) is 13.0. The van der Waals surface area contributed by atoms with Gasteiger partial charge in [0.1, 0.15) is 17.0 Å². The van der Waals surface area contributed by atoms with Gasteiger partial charge in [-0.3, -0.25) is 4.72 Å². The van der Waals surface area contributed by atoms with Gasteiger partial charge in [-0.1, -0.05) is 29.3 Å². The lowest BCUT2D eigenvalue weighted by atomic mass is 10.3. The van der Waals surface area contributed by atoms with E-state index in [0.29, 0.717) is 17.3 Å². The first-order chi connectivity index (χ1) is 13.8. The molecule has 0 aliphatic carbocycles. The van der Waals surface area contributed by atoms with E-state index in [2.05, 4.69) is 25.1 Å². The van der Waals surface area contributed by atoms with E-state index in [-0.39, 0.29) is 14.9 Å². The van der Waals surface area contributed by atoms with Gasteiger partial charge in [0.15, 0.2) is 0 Å². The molecule has 8 nitrogen and oxygen atoms in total. The number of benzene rings is 2. The Labute approximate surface area is 176 Å². The van der Waals surface area contributed by atoms with Crippen molar-refractivity contribution in [3.63, 3.8) is 0 Å². The molecule has 0 amide bonds. The van der Waals surface area contributed by atoms with Crippen LogP contribution in [-0.4, -0.2) is 28.0 Å². The average Bonchev–Trinajstić information content (AvgIpc) is 3.11. The Morgan fingerprint density at radius 1 is 1.00 bits per heavy atom. The molecule has 29 heavy (non-hydrogen) atoms. The van der Waals surface area contributed by atoms with E-state index in [0.717, 1.165) is 11.4 Å². The van der Waals surface area contributed by atoms with Crippen molar-refractivity contribution in [2.24, 2.45) is 0 Å². The third kappa shape index (κ3) is 3.98. The molecular weight excluding hydrogens is 435 g/mol. The number of sulfonamides is 1. The van der Waals surface area contributed by atoms with Crippen molar-refractivity contribution >= 4 is 56.2 Å². The minimum Gasteiger partial charge on any atom is -0.340 e. The Morgan fingerprint density at radius 3 is 2.34 bits per heavy atom. The number of hydrogen-bond acceptors (Lipinski definition) is 6. The first-order valence-corrected chi connectivity index (χ1v) is 10.6. The second-order valence-corrected chi connectivity index (χ2v) is 8.55. The number of nitrogens with zero attached hydrogens (tertiary/aromatic N) is 4. The zero-order valence-electron chi connectivity index (χ0n) is 15.0. The largest absolute Gasteiger partial charge is 0.340 e. The van der Waals surface area contributed by atoms with Crippen LogP contribution in [-0.2, 0) is 10.0 Å². The SMILES string of the molecule is Cc1cc(Nc2ccc(NS(=O)(=O)c3c(Cl)cccc3Cl)cc2)n2ncnc2n1. The summed E-state index contributed by atoms with van der Waals surface area (Å²) in [7, 11) is -3.94. The fourth-order valence-corrected chi connectivity index (χ4v) is 4.94. The Bertz CT molecular complexity index is 1290.